The Labute approximate surface area is 135 Å². The first-order chi connectivity index (χ1) is 10.1. The number of rotatable bonds is 7. The number of nitrogens with one attached hydrogen (secondary N) is 3. The van der Waals surface area contributed by atoms with E-state index in [9.17, 15) is 0 Å². The van der Waals surface area contributed by atoms with Gasteiger partial charge in [-0.05, 0) is 24.4 Å². The summed E-state index contributed by atoms with van der Waals surface area (Å²) in [5.41, 5.74) is 1.09. The predicted octanol–water partition coefficient (Wildman–Crippen LogP) is 0.838. The molecule has 0 radical (unpaired) electrons. The zero-order chi connectivity index (χ0) is 15.1. The van der Waals surface area contributed by atoms with Gasteiger partial charge >= 0.3 is 0 Å². The van der Waals surface area contributed by atoms with Crippen molar-refractivity contribution in [1.29, 1.82) is 0 Å². The van der Waals surface area contributed by atoms with Crippen molar-refractivity contribution in [2.24, 2.45) is 0 Å². The highest BCUT2D eigenvalue weighted by Crippen LogP contribution is 2.21. The number of hydrogen-bond acceptors (Lipinski definition) is 3. The van der Waals surface area contributed by atoms with E-state index < -0.39 is 0 Å². The molecule has 0 saturated carbocycles. The third-order valence-electron chi connectivity index (χ3n) is 3.10. The molecule has 114 valence electrons. The van der Waals surface area contributed by atoms with Crippen LogP contribution in [-0.2, 0) is 6.42 Å². The highest BCUT2D eigenvalue weighted by atomic mass is 32.1. The van der Waals surface area contributed by atoms with E-state index in [0.717, 1.165) is 48.1 Å². The molecular weight excluding hydrogens is 300 g/mol. The summed E-state index contributed by atoms with van der Waals surface area (Å²) in [5, 5.41) is 8.38. The van der Waals surface area contributed by atoms with Crippen LogP contribution in [0.15, 0.2) is 24.3 Å². The summed E-state index contributed by atoms with van der Waals surface area (Å²) in [6, 6.07) is 8.25. The van der Waals surface area contributed by atoms with Crippen molar-refractivity contribution >= 4 is 38.9 Å². The number of thiocarbonyl (C=S) groups is 1. The maximum absolute atomic E-state index is 5.27. The largest absolute Gasteiger partial charge is 0.363 e. The molecule has 1 heterocycles. The highest BCUT2D eigenvalue weighted by Gasteiger charge is 2.03. The lowest BCUT2D eigenvalue weighted by Crippen LogP contribution is -3.05. The van der Waals surface area contributed by atoms with Gasteiger partial charge in [0.1, 0.15) is 0 Å². The Morgan fingerprint density at radius 3 is 2.76 bits per heavy atom. The van der Waals surface area contributed by atoms with Crippen LogP contribution < -0.4 is 15.5 Å². The van der Waals surface area contributed by atoms with Crippen LogP contribution in [0.4, 0.5) is 0 Å². The molecule has 0 bridgehead atoms. The third-order valence-corrected chi connectivity index (χ3v) is 4.49. The van der Waals surface area contributed by atoms with Crippen molar-refractivity contribution in [1.82, 2.24) is 15.6 Å². The van der Waals surface area contributed by atoms with E-state index in [1.54, 1.807) is 11.3 Å². The van der Waals surface area contributed by atoms with Gasteiger partial charge in [-0.15, -0.1) is 11.3 Å². The minimum Gasteiger partial charge on any atom is -0.363 e. The van der Waals surface area contributed by atoms with Crippen molar-refractivity contribution in [2.75, 3.05) is 33.7 Å². The molecule has 4 nitrogen and oxygen atoms in total. The number of quaternary nitrogens is 1. The number of nitrogens with zero attached hydrogens (tertiary/aromatic N) is 1. The molecule has 0 fully saturated rings. The predicted molar refractivity (Wildman–Crippen MR) is 94.2 cm³/mol. The van der Waals surface area contributed by atoms with Gasteiger partial charge in [0.2, 0.25) is 0 Å². The minimum absolute atomic E-state index is 0.741. The molecule has 6 heteroatoms. The molecule has 0 spiro atoms. The van der Waals surface area contributed by atoms with Gasteiger partial charge in [-0.3, -0.25) is 0 Å². The molecular formula is C15H23N4S2+. The number of benzene rings is 1. The van der Waals surface area contributed by atoms with E-state index >= 15 is 0 Å². The van der Waals surface area contributed by atoms with E-state index in [0.29, 0.717) is 0 Å². The molecule has 2 aromatic rings. The Balaban J connectivity index is 1.65. The number of thiazole rings is 1. The Kier molecular flexibility index (Phi) is 6.35. The molecule has 0 aliphatic rings. The molecule has 21 heavy (non-hydrogen) atoms. The van der Waals surface area contributed by atoms with Gasteiger partial charge in [0.05, 0.1) is 35.9 Å². The van der Waals surface area contributed by atoms with Gasteiger partial charge in [0.15, 0.2) is 5.11 Å². The van der Waals surface area contributed by atoms with Crippen molar-refractivity contribution in [3.05, 3.63) is 29.3 Å². The second-order valence-corrected chi connectivity index (χ2v) is 6.84. The highest BCUT2D eigenvalue weighted by molar-refractivity contribution is 7.80. The number of fused-ring (bicyclic) bond motifs is 1. The van der Waals surface area contributed by atoms with Crippen LogP contribution in [0.1, 0.15) is 11.4 Å². The topological polar surface area (TPSA) is 41.4 Å². The van der Waals surface area contributed by atoms with E-state index in [2.05, 4.69) is 47.9 Å². The second kappa shape index (κ2) is 8.26. The summed E-state index contributed by atoms with van der Waals surface area (Å²) in [6.45, 7) is 2.91. The summed E-state index contributed by atoms with van der Waals surface area (Å²) in [7, 11) is 4.32. The molecule has 0 amide bonds. The van der Waals surface area contributed by atoms with Gasteiger partial charge in [-0.1, -0.05) is 12.1 Å². The van der Waals surface area contributed by atoms with Crippen LogP contribution in [0.5, 0.6) is 0 Å². The SMILES string of the molecule is C[NH+](C)CCCNC(=S)NCCc1nc2ccccc2s1. The van der Waals surface area contributed by atoms with Crippen LogP contribution in [0, 0.1) is 0 Å². The molecule has 1 aromatic carbocycles. The molecule has 0 unspecified atom stereocenters. The van der Waals surface area contributed by atoms with E-state index in [-0.39, 0.29) is 0 Å². The van der Waals surface area contributed by atoms with Crippen molar-refractivity contribution in [3.8, 4) is 0 Å². The third kappa shape index (κ3) is 5.57. The van der Waals surface area contributed by atoms with Gasteiger partial charge in [-0.25, -0.2) is 4.98 Å². The molecule has 2 rings (SSSR count). The zero-order valence-corrected chi connectivity index (χ0v) is 14.2. The smallest absolute Gasteiger partial charge is 0.166 e. The quantitative estimate of drug-likeness (QED) is 0.522. The summed E-state index contributed by atoms with van der Waals surface area (Å²) in [4.78, 5) is 6.08. The van der Waals surface area contributed by atoms with Gasteiger partial charge < -0.3 is 15.5 Å². The lowest BCUT2D eigenvalue weighted by Gasteiger charge is -2.11. The Morgan fingerprint density at radius 2 is 2.00 bits per heavy atom. The van der Waals surface area contributed by atoms with Crippen LogP contribution in [0.25, 0.3) is 10.2 Å². The summed E-state index contributed by atoms with van der Waals surface area (Å²) in [5.74, 6) is 0. The van der Waals surface area contributed by atoms with Crippen molar-refractivity contribution in [3.63, 3.8) is 0 Å². The summed E-state index contributed by atoms with van der Waals surface area (Å²) < 4.78 is 1.25. The Hall–Kier alpha value is -1.24. The van der Waals surface area contributed by atoms with Crippen LogP contribution >= 0.6 is 23.6 Å². The van der Waals surface area contributed by atoms with Crippen LogP contribution in [-0.4, -0.2) is 43.8 Å². The van der Waals surface area contributed by atoms with Gasteiger partial charge in [0.25, 0.3) is 0 Å². The molecule has 0 atom stereocenters. The standard InChI is InChI=1S/C15H22N4S2/c1-19(2)11-5-9-16-15(20)17-10-8-14-18-12-6-3-4-7-13(12)21-14/h3-4,6-7H,5,8-11H2,1-2H3,(H2,16,17,20)/p+1. The maximum atomic E-state index is 5.27. The minimum atomic E-state index is 0.741. The van der Waals surface area contributed by atoms with Crippen LogP contribution in [0.2, 0.25) is 0 Å². The summed E-state index contributed by atoms with van der Waals surface area (Å²) >= 11 is 7.02. The molecule has 0 aliphatic carbocycles. The Morgan fingerprint density at radius 1 is 1.24 bits per heavy atom. The lowest BCUT2D eigenvalue weighted by atomic mass is 10.3. The van der Waals surface area contributed by atoms with E-state index in [1.165, 1.54) is 9.60 Å². The average Bonchev–Trinajstić information content (AvgIpc) is 2.86. The van der Waals surface area contributed by atoms with Crippen LogP contribution in [0.3, 0.4) is 0 Å². The lowest BCUT2D eigenvalue weighted by molar-refractivity contribution is -0.858. The summed E-state index contributed by atoms with van der Waals surface area (Å²) in [6.07, 6.45) is 2.03. The number of hydrogen-bond donors (Lipinski definition) is 3. The molecule has 3 N–H and O–H groups in total. The van der Waals surface area contributed by atoms with Gasteiger partial charge in [0, 0.05) is 25.9 Å². The number of aromatic nitrogens is 1. The van der Waals surface area contributed by atoms with Crippen molar-refractivity contribution in [2.45, 2.75) is 12.8 Å². The fraction of sp³-hybridized carbons (Fsp3) is 0.467. The first kappa shape index (κ1) is 16.1. The maximum Gasteiger partial charge on any atom is 0.166 e. The Bertz CT molecular complexity index is 547. The average molecular weight is 324 g/mol. The van der Waals surface area contributed by atoms with E-state index in [1.807, 2.05) is 6.07 Å². The zero-order valence-electron chi connectivity index (χ0n) is 12.6. The molecule has 0 aliphatic heterocycles. The molecule has 1 aromatic heterocycles. The fourth-order valence-electron chi connectivity index (χ4n) is 2.02. The molecule has 0 saturated heterocycles. The van der Waals surface area contributed by atoms with Crippen molar-refractivity contribution < 1.29 is 4.90 Å². The second-order valence-electron chi connectivity index (χ2n) is 5.32. The normalized spacial score (nSPS) is 11.0. The number of para-hydroxylation sites is 1. The fourth-order valence-corrected chi connectivity index (χ4v) is 3.19. The van der Waals surface area contributed by atoms with Gasteiger partial charge in [-0.2, -0.15) is 0 Å². The first-order valence-corrected chi connectivity index (χ1v) is 8.53. The monoisotopic (exact) mass is 323 g/mol. The van der Waals surface area contributed by atoms with E-state index in [4.69, 9.17) is 12.2 Å². The first-order valence-electron chi connectivity index (χ1n) is 7.30.